The fourth-order valence-electron chi connectivity index (χ4n) is 1.32. The fourth-order valence-corrected chi connectivity index (χ4v) is 1.50. The molecule has 0 amide bonds. The van der Waals surface area contributed by atoms with Gasteiger partial charge in [0, 0.05) is 30.8 Å². The lowest BCUT2D eigenvalue weighted by Crippen LogP contribution is -2.30. The van der Waals surface area contributed by atoms with Gasteiger partial charge in [0.25, 0.3) is 0 Å². The number of halogens is 1. The van der Waals surface area contributed by atoms with Crippen LogP contribution in [-0.2, 0) is 13.1 Å². The Morgan fingerprint density at radius 3 is 2.36 bits per heavy atom. The van der Waals surface area contributed by atoms with Crippen molar-refractivity contribution in [3.8, 4) is 0 Å². The van der Waals surface area contributed by atoms with E-state index in [1.165, 1.54) is 0 Å². The zero-order chi connectivity index (χ0) is 10.8. The number of imidazole rings is 1. The summed E-state index contributed by atoms with van der Waals surface area (Å²) < 4.78 is 3.48. The lowest BCUT2D eigenvalue weighted by atomic mass is 9.97. The summed E-state index contributed by atoms with van der Waals surface area (Å²) in [5.41, 5.74) is 0.200. The summed E-state index contributed by atoms with van der Waals surface area (Å²) in [5, 5.41) is 0.893. The Kier molecular flexibility index (Phi) is 3.59. The van der Waals surface area contributed by atoms with Crippen LogP contribution in [0.5, 0.6) is 0 Å². The van der Waals surface area contributed by atoms with Crippen LogP contribution in [0, 0.1) is 5.41 Å². The third kappa shape index (κ3) is 2.50. The van der Waals surface area contributed by atoms with Crippen LogP contribution in [0.1, 0.15) is 20.8 Å². The molecule has 1 aromatic heterocycles. The Balaban J connectivity index is 2.88. The molecule has 0 fully saturated rings. The number of hydrogen-bond donors (Lipinski definition) is 0. The highest BCUT2D eigenvalue weighted by Gasteiger charge is 2.18. The lowest BCUT2D eigenvalue weighted by Gasteiger charge is -2.21. The van der Waals surface area contributed by atoms with Gasteiger partial charge in [0.1, 0.15) is 0 Å². The summed E-state index contributed by atoms with van der Waals surface area (Å²) in [4.78, 5) is 11.7. The van der Waals surface area contributed by atoms with Crippen LogP contribution in [0.15, 0.2) is 17.2 Å². The van der Waals surface area contributed by atoms with Gasteiger partial charge in [0.05, 0.1) is 0 Å². The minimum absolute atomic E-state index is 0.0847. The molecule has 0 spiro atoms. The Morgan fingerprint density at radius 2 is 1.93 bits per heavy atom. The molecule has 0 aliphatic heterocycles. The molecule has 14 heavy (non-hydrogen) atoms. The molecule has 0 saturated carbocycles. The molecule has 80 valence electrons. The first kappa shape index (κ1) is 11.6. The minimum atomic E-state index is 0.0847. The largest absolute Gasteiger partial charge is 0.328 e. The number of rotatable bonds is 4. The Bertz CT molecular complexity index is 351. The van der Waals surface area contributed by atoms with E-state index in [0.29, 0.717) is 0 Å². The monoisotopic (exact) mass is 260 g/mol. The van der Waals surface area contributed by atoms with E-state index in [4.69, 9.17) is 0 Å². The summed E-state index contributed by atoms with van der Waals surface area (Å²) in [6, 6.07) is 0. The number of aromatic nitrogens is 2. The van der Waals surface area contributed by atoms with Gasteiger partial charge in [0.15, 0.2) is 0 Å². The van der Waals surface area contributed by atoms with Crippen LogP contribution < -0.4 is 5.69 Å². The first-order valence-corrected chi connectivity index (χ1v) is 5.94. The zero-order valence-corrected chi connectivity index (χ0v) is 10.5. The number of aryl methyl sites for hydroxylation is 1. The van der Waals surface area contributed by atoms with Crippen molar-refractivity contribution in [1.29, 1.82) is 0 Å². The van der Waals surface area contributed by atoms with E-state index in [-0.39, 0.29) is 11.1 Å². The number of alkyl halides is 1. The molecule has 0 saturated heterocycles. The zero-order valence-electron chi connectivity index (χ0n) is 8.96. The van der Waals surface area contributed by atoms with Crippen LogP contribution >= 0.6 is 15.9 Å². The summed E-state index contributed by atoms with van der Waals surface area (Å²) in [5.74, 6) is 0. The van der Waals surface area contributed by atoms with E-state index in [1.807, 2.05) is 19.3 Å². The third-order valence-electron chi connectivity index (χ3n) is 2.22. The molecule has 0 bridgehead atoms. The average molecular weight is 261 g/mol. The molecular weight excluding hydrogens is 244 g/mol. The first-order valence-electron chi connectivity index (χ1n) is 4.81. The highest BCUT2D eigenvalue weighted by atomic mass is 79.9. The average Bonchev–Trinajstić information content (AvgIpc) is 2.47. The van der Waals surface area contributed by atoms with Crippen molar-refractivity contribution in [2.45, 2.75) is 33.9 Å². The molecule has 3 nitrogen and oxygen atoms in total. The van der Waals surface area contributed by atoms with Gasteiger partial charge in [0.2, 0.25) is 0 Å². The summed E-state index contributed by atoms with van der Waals surface area (Å²) in [6.07, 6.45) is 3.70. The van der Waals surface area contributed by atoms with Gasteiger partial charge in [-0.25, -0.2) is 4.79 Å². The second-order valence-electron chi connectivity index (χ2n) is 4.29. The molecular formula is C10H17BrN2O. The standard InChI is InChI=1S/C10H17BrN2O/c1-4-12-5-6-13(9(12)14)8-10(2,3)7-11/h5-6H,4,7-8H2,1-3H3. The van der Waals surface area contributed by atoms with Gasteiger partial charge < -0.3 is 0 Å². The number of nitrogens with zero attached hydrogens (tertiary/aromatic N) is 2. The van der Waals surface area contributed by atoms with E-state index < -0.39 is 0 Å². The van der Waals surface area contributed by atoms with Crippen molar-refractivity contribution in [2.75, 3.05) is 5.33 Å². The van der Waals surface area contributed by atoms with Crippen molar-refractivity contribution in [1.82, 2.24) is 9.13 Å². The van der Waals surface area contributed by atoms with E-state index >= 15 is 0 Å². The highest BCUT2D eigenvalue weighted by Crippen LogP contribution is 2.19. The van der Waals surface area contributed by atoms with Crippen LogP contribution in [0.4, 0.5) is 0 Å². The van der Waals surface area contributed by atoms with Gasteiger partial charge in [-0.05, 0) is 12.3 Å². The highest BCUT2D eigenvalue weighted by molar-refractivity contribution is 9.09. The van der Waals surface area contributed by atoms with Crippen molar-refractivity contribution < 1.29 is 0 Å². The topological polar surface area (TPSA) is 26.9 Å². The molecule has 0 atom stereocenters. The third-order valence-corrected chi connectivity index (χ3v) is 3.74. The van der Waals surface area contributed by atoms with E-state index in [1.54, 1.807) is 9.13 Å². The maximum absolute atomic E-state index is 11.7. The van der Waals surface area contributed by atoms with Crippen molar-refractivity contribution in [3.63, 3.8) is 0 Å². The Morgan fingerprint density at radius 1 is 1.36 bits per heavy atom. The predicted molar refractivity (Wildman–Crippen MR) is 61.9 cm³/mol. The molecule has 0 radical (unpaired) electrons. The van der Waals surface area contributed by atoms with Crippen LogP contribution in [0.3, 0.4) is 0 Å². The molecule has 0 aliphatic rings. The van der Waals surface area contributed by atoms with Crippen LogP contribution in [0.2, 0.25) is 0 Å². The van der Waals surface area contributed by atoms with Gasteiger partial charge in [-0.3, -0.25) is 9.13 Å². The van der Waals surface area contributed by atoms with Crippen LogP contribution in [-0.4, -0.2) is 14.5 Å². The van der Waals surface area contributed by atoms with E-state index in [0.717, 1.165) is 18.4 Å². The molecule has 1 aromatic rings. The maximum atomic E-state index is 11.7. The molecule has 1 rings (SSSR count). The van der Waals surface area contributed by atoms with Gasteiger partial charge in [-0.2, -0.15) is 0 Å². The maximum Gasteiger partial charge on any atom is 0.328 e. The second kappa shape index (κ2) is 4.34. The summed E-state index contributed by atoms with van der Waals surface area (Å²) >= 11 is 3.45. The van der Waals surface area contributed by atoms with Gasteiger partial charge in [-0.1, -0.05) is 29.8 Å². The number of hydrogen-bond acceptors (Lipinski definition) is 1. The summed E-state index contributed by atoms with van der Waals surface area (Å²) in [7, 11) is 0. The smallest absolute Gasteiger partial charge is 0.300 e. The van der Waals surface area contributed by atoms with E-state index in [9.17, 15) is 4.79 Å². The van der Waals surface area contributed by atoms with Gasteiger partial charge in [-0.15, -0.1) is 0 Å². The SMILES string of the molecule is CCn1ccn(CC(C)(C)CBr)c1=O. The Hall–Kier alpha value is -0.510. The first-order chi connectivity index (χ1) is 6.50. The molecule has 0 aliphatic carbocycles. The quantitative estimate of drug-likeness (QED) is 0.762. The molecule has 1 heterocycles. The van der Waals surface area contributed by atoms with Gasteiger partial charge >= 0.3 is 5.69 Å². The van der Waals surface area contributed by atoms with E-state index in [2.05, 4.69) is 29.8 Å². The van der Waals surface area contributed by atoms with Crippen molar-refractivity contribution in [2.24, 2.45) is 5.41 Å². The second-order valence-corrected chi connectivity index (χ2v) is 4.85. The minimum Gasteiger partial charge on any atom is -0.300 e. The molecule has 0 unspecified atom stereocenters. The normalized spacial score (nSPS) is 12.0. The van der Waals surface area contributed by atoms with Crippen LogP contribution in [0.25, 0.3) is 0 Å². The fraction of sp³-hybridized carbons (Fsp3) is 0.700. The Labute approximate surface area is 92.9 Å². The predicted octanol–water partition coefficient (Wildman–Crippen LogP) is 2.09. The lowest BCUT2D eigenvalue weighted by molar-refractivity contribution is 0.347. The summed E-state index contributed by atoms with van der Waals surface area (Å²) in [6.45, 7) is 7.74. The molecule has 0 aromatic carbocycles. The molecule has 4 heteroatoms. The van der Waals surface area contributed by atoms with Crippen molar-refractivity contribution >= 4 is 15.9 Å². The molecule has 0 N–H and O–H groups in total. The van der Waals surface area contributed by atoms with Crippen molar-refractivity contribution in [3.05, 3.63) is 22.9 Å².